The average Bonchev–Trinajstić information content (AvgIpc) is 1.61. The van der Waals surface area contributed by atoms with Gasteiger partial charge in [0, 0.05) is 57.1 Å². The Morgan fingerprint density at radius 3 is 1.75 bits per heavy atom. The number of fused-ring (bicyclic) bond motifs is 2. The van der Waals surface area contributed by atoms with Crippen LogP contribution >= 0.6 is 21.6 Å². The Hall–Kier alpha value is -9.88. The topological polar surface area (TPSA) is 620 Å². The first kappa shape index (κ1) is 80.8. The molecule has 2 aliphatic heterocycles. The molecule has 9 amide bonds. The lowest BCUT2D eigenvalue weighted by atomic mass is 10.00. The number of amides is 9. The molecule has 35 nitrogen and oxygen atoms in total. The van der Waals surface area contributed by atoms with Crippen molar-refractivity contribution in [2.24, 2.45) is 77.3 Å². The number of carboxylic acid groups (broad SMARTS) is 1. The number of unbranched alkanes of at least 4 members (excludes halogenated alkanes) is 1. The molecule has 30 N–H and O–H groups in total. The Bertz CT molecular complexity index is 3390. The van der Waals surface area contributed by atoms with E-state index in [-0.39, 0.29) is 151 Å². The fourth-order valence-electron chi connectivity index (χ4n) is 10.9. The third-order valence-corrected chi connectivity index (χ3v) is 18.6. The molecule has 5 rings (SSSR count). The molecule has 2 heterocycles. The fraction of sp³-hybridized carbons (Fsp3) is 0.524. The minimum absolute atomic E-state index is 0.0103. The number of rotatable bonds is 33. The van der Waals surface area contributed by atoms with Crippen LogP contribution in [-0.4, -0.2) is 209 Å². The highest BCUT2D eigenvalue weighted by Crippen LogP contribution is 2.26. The van der Waals surface area contributed by atoms with E-state index >= 15 is 9.59 Å². The number of aliphatic carboxylic acids is 1. The molecule has 0 saturated carbocycles. The van der Waals surface area contributed by atoms with E-state index in [4.69, 9.17) is 57.3 Å². The lowest BCUT2D eigenvalue weighted by Crippen LogP contribution is -2.61. The highest BCUT2D eigenvalue weighted by molar-refractivity contribution is 8.76. The predicted octanol–water partition coefficient (Wildman–Crippen LogP) is -4.65. The molecule has 10 atom stereocenters. The van der Waals surface area contributed by atoms with Crippen molar-refractivity contribution >= 4 is 115 Å². The smallest absolute Gasteiger partial charge is 0.326 e. The summed E-state index contributed by atoms with van der Waals surface area (Å²) in [6.07, 6.45) is 1.11. The molecule has 0 bridgehead atoms. The number of carboxylic acids is 1. The van der Waals surface area contributed by atoms with E-state index in [0.717, 1.165) is 32.4 Å². The predicted molar refractivity (Wildman–Crippen MR) is 383 cm³/mol. The Balaban J connectivity index is 1.61. The summed E-state index contributed by atoms with van der Waals surface area (Å²) in [5, 5.41) is 43.9. The van der Waals surface area contributed by atoms with Crippen molar-refractivity contribution in [3.63, 3.8) is 0 Å². The number of carbonyl (C=O) groups is 10. The summed E-state index contributed by atoms with van der Waals surface area (Å²) in [5.74, 6) is -10.9. The second-order valence-corrected chi connectivity index (χ2v) is 26.6. The number of phenolic OH excluding ortho intramolecular Hbond substituents is 1. The summed E-state index contributed by atoms with van der Waals surface area (Å²) >= 11 is 0. The van der Waals surface area contributed by atoms with Crippen molar-refractivity contribution in [1.82, 2.24) is 47.4 Å². The van der Waals surface area contributed by atoms with E-state index in [1.54, 1.807) is 6.07 Å². The van der Waals surface area contributed by atoms with Gasteiger partial charge in [0.25, 0.3) is 0 Å². The average molecular weight is 1430 g/mol. The largest absolute Gasteiger partial charge is 0.508 e. The Morgan fingerprint density at radius 2 is 1.12 bits per heavy atom. The highest BCUT2D eigenvalue weighted by atomic mass is 33.1. The van der Waals surface area contributed by atoms with Gasteiger partial charge in [-0.15, -0.1) is 0 Å². The molecular weight excluding hydrogens is 1330 g/mol. The number of benzene rings is 3. The molecule has 37 heteroatoms. The molecule has 0 radical (unpaired) electrons. The van der Waals surface area contributed by atoms with E-state index < -0.39 is 120 Å². The van der Waals surface area contributed by atoms with Crippen molar-refractivity contribution < 1.29 is 58.2 Å². The molecule has 0 aliphatic carbocycles. The molecule has 0 aromatic heterocycles. The second-order valence-electron chi connectivity index (χ2n) is 24.0. The number of hydrogen-bond acceptors (Lipinski definition) is 19. The third kappa shape index (κ3) is 28.2. The van der Waals surface area contributed by atoms with E-state index in [1.165, 1.54) is 29.2 Å². The van der Waals surface area contributed by atoms with Crippen LogP contribution in [0, 0.1) is 0 Å². The van der Waals surface area contributed by atoms with Crippen LogP contribution in [0.15, 0.2) is 86.7 Å². The van der Waals surface area contributed by atoms with Crippen LogP contribution in [0.4, 0.5) is 0 Å². The van der Waals surface area contributed by atoms with Gasteiger partial charge in [-0.2, -0.15) is 0 Å². The molecule has 3 aromatic carbocycles. The SMILES string of the molecule is NCCCC[C@H]1NC(=O)[C@H](CCCN=C(N)N)NC(=O)[C@@H](NC(=O)[C@H](CCCN=C(N)N)NC(=O)[C@H](Cc2ccc3ccccc3c2)NC(=O)[C@@H](N)CCCN=C(N)N)CSSC[C@@H](C(=O)N[C@@H](CCCN=C(N)N)C(=O)O)NC(=O)[C@H](Cc2ccc(O)cc2)NC(=O)[C@@H]2CCCN2C1=O. The van der Waals surface area contributed by atoms with E-state index in [0.29, 0.717) is 36.8 Å². The fourth-order valence-corrected chi connectivity index (χ4v) is 13.2. The van der Waals surface area contributed by atoms with Crippen molar-refractivity contribution in [2.45, 2.75) is 157 Å². The lowest BCUT2D eigenvalue weighted by Gasteiger charge is -2.31. The van der Waals surface area contributed by atoms with E-state index in [9.17, 15) is 48.6 Å². The molecule has 548 valence electrons. The van der Waals surface area contributed by atoms with Crippen LogP contribution in [0.1, 0.15) is 94.6 Å². The molecule has 3 aromatic rings. The van der Waals surface area contributed by atoms with Crippen LogP contribution in [0.3, 0.4) is 0 Å². The summed E-state index contributed by atoms with van der Waals surface area (Å²) in [4.78, 5) is 163. The second kappa shape index (κ2) is 42.2. The zero-order chi connectivity index (χ0) is 73.3. The number of aromatic hydroxyl groups is 1. The number of carbonyl (C=O) groups excluding carboxylic acids is 9. The Labute approximate surface area is 586 Å². The zero-order valence-corrected chi connectivity index (χ0v) is 57.3. The maximum absolute atomic E-state index is 15.2. The number of guanidine groups is 4. The van der Waals surface area contributed by atoms with Gasteiger partial charge in [-0.3, -0.25) is 63.1 Å². The quantitative estimate of drug-likeness (QED) is 0.0118. The van der Waals surface area contributed by atoms with Gasteiger partial charge in [0.1, 0.15) is 60.1 Å². The zero-order valence-electron chi connectivity index (χ0n) is 55.7. The van der Waals surface area contributed by atoms with Crippen molar-refractivity contribution in [2.75, 3.05) is 50.8 Å². The lowest BCUT2D eigenvalue weighted by molar-refractivity contribution is -0.143. The van der Waals surface area contributed by atoms with Crippen LogP contribution in [0.2, 0.25) is 0 Å². The Morgan fingerprint density at radius 1 is 0.570 bits per heavy atom. The Kier molecular flexibility index (Phi) is 34.1. The monoisotopic (exact) mass is 1430 g/mol. The van der Waals surface area contributed by atoms with E-state index in [1.807, 2.05) is 36.4 Å². The van der Waals surface area contributed by atoms with Crippen molar-refractivity contribution in [1.29, 1.82) is 0 Å². The maximum Gasteiger partial charge on any atom is 0.326 e. The first-order chi connectivity index (χ1) is 47.7. The van der Waals surface area contributed by atoms with Crippen LogP contribution in [0.5, 0.6) is 5.75 Å². The molecule has 2 aliphatic rings. The van der Waals surface area contributed by atoms with Gasteiger partial charge in [0.15, 0.2) is 23.8 Å². The van der Waals surface area contributed by atoms with Gasteiger partial charge in [-0.05, 0) is 124 Å². The van der Waals surface area contributed by atoms with Gasteiger partial charge >= 0.3 is 5.97 Å². The van der Waals surface area contributed by atoms with Gasteiger partial charge in [0.05, 0.1) is 6.04 Å². The molecule has 0 spiro atoms. The van der Waals surface area contributed by atoms with E-state index in [2.05, 4.69) is 62.5 Å². The molecule has 100 heavy (non-hydrogen) atoms. The number of hydrogen-bond donors (Lipinski definition) is 20. The number of nitrogens with two attached hydrogens (primary N) is 10. The summed E-state index contributed by atoms with van der Waals surface area (Å²) < 4.78 is 0. The molecular formula is C63H97N23O12S2. The summed E-state index contributed by atoms with van der Waals surface area (Å²) in [6, 6.07) is 4.47. The number of aliphatic imine (C=N–C) groups is 4. The molecule has 2 saturated heterocycles. The van der Waals surface area contributed by atoms with Crippen LogP contribution in [0.25, 0.3) is 10.8 Å². The van der Waals surface area contributed by atoms with Gasteiger partial charge in [-0.1, -0.05) is 76.2 Å². The summed E-state index contributed by atoms with van der Waals surface area (Å²) in [6.45, 7) is 0.409. The standard InChI is InChI=1S/C63H97N23O12S2/c64-24-4-3-13-43-58(96)86-29-9-17-49(86)57(95)83-45(31-35-19-22-39(87)23-20-35)54(92)85-48(56(94)81-44(59(97)98)16-8-28-77-63(72)73)34-100-99-33-47(55(93)79-41(51(89)80-43)14-6-26-75-61(68)69)84-52(90)42(15-7-27-76-62(70)71)78-53(91)46(82-50(88)40(65)12-5-25-74-60(66)67)32-36-18-21-37-10-1-2-11-38(37)30-36/h1-2,10-11,18-23,30,40-49,87H,3-9,12-17,24-29,31-34,64-65H2,(H,78,91)(H,79,93)(H,80,89)(H,81,94)(H,82,88)(H,83,95)(H,84,90)(H,85,92)(H,97,98)(H4,66,67,74)(H4,68,69,75)(H4,70,71,76)(H4,72,73,77)/t40-,41-,42-,43+,44-,45-,46-,47-,48-,49-/m0/s1. The van der Waals surface area contributed by atoms with Crippen LogP contribution in [-0.2, 0) is 60.8 Å². The van der Waals surface area contributed by atoms with Crippen molar-refractivity contribution in [3.05, 3.63) is 77.9 Å². The third-order valence-electron chi connectivity index (χ3n) is 16.1. The van der Waals surface area contributed by atoms with Gasteiger partial charge in [-0.25, -0.2) is 4.79 Å². The van der Waals surface area contributed by atoms with Crippen LogP contribution < -0.4 is 99.9 Å². The first-order valence-electron chi connectivity index (χ1n) is 32.9. The molecule has 2 fully saturated rings. The maximum atomic E-state index is 15.2. The number of phenols is 1. The normalized spacial score (nSPS) is 19.8. The molecule has 0 unspecified atom stereocenters. The summed E-state index contributed by atoms with van der Waals surface area (Å²) in [7, 11) is 1.80. The van der Waals surface area contributed by atoms with Gasteiger partial charge in [0.2, 0.25) is 53.2 Å². The highest BCUT2D eigenvalue weighted by Gasteiger charge is 2.41. The summed E-state index contributed by atoms with van der Waals surface area (Å²) in [5.41, 5.74) is 57.8. The number of nitrogens with one attached hydrogen (secondary N) is 8. The van der Waals surface area contributed by atoms with Crippen molar-refractivity contribution in [3.8, 4) is 5.75 Å². The van der Waals surface area contributed by atoms with Gasteiger partial charge < -0.3 is 115 Å². The minimum Gasteiger partial charge on any atom is -0.508 e. The first-order valence-corrected chi connectivity index (χ1v) is 35.4. The minimum atomic E-state index is -1.63. The number of nitrogens with zero attached hydrogens (tertiary/aromatic N) is 5.